The Morgan fingerprint density at radius 2 is 2.42 bits per heavy atom. The Morgan fingerprint density at radius 3 is 3.05 bits per heavy atom. The third kappa shape index (κ3) is 3.35. The van der Waals surface area contributed by atoms with Crippen LogP contribution in [0.5, 0.6) is 0 Å². The minimum atomic E-state index is -0.862. The summed E-state index contributed by atoms with van der Waals surface area (Å²) in [7, 11) is 0. The molecular weight excluding hydrogens is 244 g/mol. The standard InChI is InChI=1S/C13H16N4O2/c14-7-10-4-5-12(15-8-10)16-9-11-3-1-2-6-17(11)13(18)19/h4-5,8,11H,1-3,6,9H2,(H,15,16)(H,18,19). The van der Waals surface area contributed by atoms with E-state index in [1.807, 2.05) is 6.07 Å². The normalized spacial score (nSPS) is 18.7. The number of hydrogen-bond donors (Lipinski definition) is 2. The van der Waals surface area contributed by atoms with Crippen molar-refractivity contribution >= 4 is 11.9 Å². The van der Waals surface area contributed by atoms with Gasteiger partial charge in [-0.2, -0.15) is 5.26 Å². The van der Waals surface area contributed by atoms with E-state index in [9.17, 15) is 4.79 Å². The number of likely N-dealkylation sites (tertiary alicyclic amines) is 1. The lowest BCUT2D eigenvalue weighted by atomic mass is 10.0. The Kier molecular flexibility index (Phi) is 4.18. The van der Waals surface area contributed by atoms with Crippen molar-refractivity contribution in [1.29, 1.82) is 5.26 Å². The van der Waals surface area contributed by atoms with Gasteiger partial charge in [0.25, 0.3) is 0 Å². The van der Waals surface area contributed by atoms with Crippen molar-refractivity contribution in [3.8, 4) is 6.07 Å². The van der Waals surface area contributed by atoms with Crippen LogP contribution in [0.15, 0.2) is 18.3 Å². The molecule has 1 aromatic rings. The molecule has 6 nitrogen and oxygen atoms in total. The molecule has 100 valence electrons. The molecule has 0 spiro atoms. The van der Waals surface area contributed by atoms with Gasteiger partial charge in [0.05, 0.1) is 11.6 Å². The molecular formula is C13H16N4O2. The van der Waals surface area contributed by atoms with Crippen molar-refractivity contribution in [3.63, 3.8) is 0 Å². The SMILES string of the molecule is N#Cc1ccc(NCC2CCCCN2C(=O)O)nc1. The number of piperidine rings is 1. The molecule has 1 atom stereocenters. The van der Waals surface area contributed by atoms with Crippen molar-refractivity contribution < 1.29 is 9.90 Å². The van der Waals surface area contributed by atoms with E-state index in [1.54, 1.807) is 12.1 Å². The summed E-state index contributed by atoms with van der Waals surface area (Å²) in [5.41, 5.74) is 0.510. The fraction of sp³-hybridized carbons (Fsp3) is 0.462. The maximum Gasteiger partial charge on any atom is 0.407 e. The highest BCUT2D eigenvalue weighted by molar-refractivity contribution is 5.65. The molecule has 0 aliphatic carbocycles. The molecule has 2 heterocycles. The summed E-state index contributed by atoms with van der Waals surface area (Å²) in [6.45, 7) is 1.15. The number of amides is 1. The average molecular weight is 260 g/mol. The predicted molar refractivity (Wildman–Crippen MR) is 69.8 cm³/mol. The Labute approximate surface area is 111 Å². The van der Waals surface area contributed by atoms with Gasteiger partial charge in [-0.05, 0) is 31.4 Å². The first-order valence-corrected chi connectivity index (χ1v) is 6.30. The largest absolute Gasteiger partial charge is 0.465 e. The number of carbonyl (C=O) groups is 1. The van der Waals surface area contributed by atoms with Crippen molar-refractivity contribution in [2.45, 2.75) is 25.3 Å². The van der Waals surface area contributed by atoms with Crippen molar-refractivity contribution in [2.75, 3.05) is 18.4 Å². The highest BCUT2D eigenvalue weighted by Gasteiger charge is 2.25. The average Bonchev–Trinajstić information content (AvgIpc) is 2.46. The molecule has 2 N–H and O–H groups in total. The van der Waals surface area contributed by atoms with Crippen LogP contribution < -0.4 is 5.32 Å². The topological polar surface area (TPSA) is 89.2 Å². The van der Waals surface area contributed by atoms with Gasteiger partial charge in [-0.25, -0.2) is 9.78 Å². The van der Waals surface area contributed by atoms with E-state index in [0.717, 1.165) is 19.3 Å². The lowest BCUT2D eigenvalue weighted by Crippen LogP contribution is -2.46. The summed E-state index contributed by atoms with van der Waals surface area (Å²) in [4.78, 5) is 16.7. The first-order chi connectivity index (χ1) is 9.20. The van der Waals surface area contributed by atoms with Crippen LogP contribution in [0.4, 0.5) is 10.6 Å². The summed E-state index contributed by atoms with van der Waals surface area (Å²) in [5.74, 6) is 0.662. The van der Waals surface area contributed by atoms with Crippen LogP contribution in [0.3, 0.4) is 0 Å². The van der Waals surface area contributed by atoms with Crippen molar-refractivity contribution in [3.05, 3.63) is 23.9 Å². The molecule has 1 unspecified atom stereocenters. The molecule has 6 heteroatoms. The van der Waals surface area contributed by atoms with Crippen LogP contribution in [-0.2, 0) is 0 Å². The summed E-state index contributed by atoms with van der Waals surface area (Å²) >= 11 is 0. The van der Waals surface area contributed by atoms with E-state index in [4.69, 9.17) is 10.4 Å². The zero-order valence-corrected chi connectivity index (χ0v) is 10.5. The van der Waals surface area contributed by atoms with Gasteiger partial charge in [-0.1, -0.05) is 0 Å². The Morgan fingerprint density at radius 1 is 1.58 bits per heavy atom. The number of nitriles is 1. The van der Waals surface area contributed by atoms with Gasteiger partial charge < -0.3 is 15.3 Å². The number of nitrogens with one attached hydrogen (secondary N) is 1. The minimum Gasteiger partial charge on any atom is -0.465 e. The number of hydrogen-bond acceptors (Lipinski definition) is 4. The molecule has 2 rings (SSSR count). The second-order valence-corrected chi connectivity index (χ2v) is 4.55. The second kappa shape index (κ2) is 6.05. The summed E-state index contributed by atoms with van der Waals surface area (Å²) in [6, 6.07) is 5.41. The molecule has 1 saturated heterocycles. The van der Waals surface area contributed by atoms with E-state index in [-0.39, 0.29) is 6.04 Å². The van der Waals surface area contributed by atoms with Crippen LogP contribution in [-0.4, -0.2) is 40.2 Å². The number of rotatable bonds is 3. The number of carboxylic acid groups (broad SMARTS) is 1. The first kappa shape index (κ1) is 13.1. The summed E-state index contributed by atoms with van der Waals surface area (Å²) in [5, 5.41) is 20.9. The fourth-order valence-electron chi connectivity index (χ4n) is 2.25. The third-order valence-electron chi connectivity index (χ3n) is 3.28. The highest BCUT2D eigenvalue weighted by atomic mass is 16.4. The van der Waals surface area contributed by atoms with Gasteiger partial charge in [0.15, 0.2) is 0 Å². The van der Waals surface area contributed by atoms with E-state index < -0.39 is 6.09 Å². The second-order valence-electron chi connectivity index (χ2n) is 4.55. The third-order valence-corrected chi connectivity index (χ3v) is 3.28. The molecule has 19 heavy (non-hydrogen) atoms. The number of anilines is 1. The Hall–Kier alpha value is -2.29. The monoisotopic (exact) mass is 260 g/mol. The maximum atomic E-state index is 11.1. The maximum absolute atomic E-state index is 11.1. The lowest BCUT2D eigenvalue weighted by Gasteiger charge is -2.33. The molecule has 1 fully saturated rings. The van der Waals surface area contributed by atoms with Crippen LogP contribution in [0, 0.1) is 11.3 Å². The smallest absolute Gasteiger partial charge is 0.407 e. The fourth-order valence-corrected chi connectivity index (χ4v) is 2.25. The van der Waals surface area contributed by atoms with Crippen LogP contribution in [0.2, 0.25) is 0 Å². The number of pyridine rings is 1. The first-order valence-electron chi connectivity index (χ1n) is 6.30. The van der Waals surface area contributed by atoms with Gasteiger partial charge in [0.1, 0.15) is 11.9 Å². The minimum absolute atomic E-state index is 0.0105. The highest BCUT2D eigenvalue weighted by Crippen LogP contribution is 2.17. The zero-order valence-electron chi connectivity index (χ0n) is 10.5. The lowest BCUT2D eigenvalue weighted by molar-refractivity contribution is 0.110. The Balaban J connectivity index is 1.92. The van der Waals surface area contributed by atoms with E-state index >= 15 is 0 Å². The number of aromatic nitrogens is 1. The summed E-state index contributed by atoms with van der Waals surface area (Å²) in [6.07, 6.45) is 3.49. The van der Waals surface area contributed by atoms with E-state index in [0.29, 0.717) is 24.5 Å². The van der Waals surface area contributed by atoms with Crippen molar-refractivity contribution in [1.82, 2.24) is 9.88 Å². The molecule has 1 aliphatic heterocycles. The quantitative estimate of drug-likeness (QED) is 0.866. The number of nitrogens with zero attached hydrogens (tertiary/aromatic N) is 3. The molecule has 0 aromatic carbocycles. The Bertz CT molecular complexity index is 480. The summed E-state index contributed by atoms with van der Waals surface area (Å²) < 4.78 is 0. The molecule has 1 amide bonds. The van der Waals surface area contributed by atoms with Crippen LogP contribution in [0.1, 0.15) is 24.8 Å². The molecule has 0 bridgehead atoms. The zero-order chi connectivity index (χ0) is 13.7. The van der Waals surface area contributed by atoms with Gasteiger partial charge >= 0.3 is 6.09 Å². The molecule has 0 radical (unpaired) electrons. The van der Waals surface area contributed by atoms with Crippen molar-refractivity contribution in [2.24, 2.45) is 0 Å². The van der Waals surface area contributed by atoms with Gasteiger partial charge in [0.2, 0.25) is 0 Å². The molecule has 1 aromatic heterocycles. The molecule has 1 aliphatic rings. The molecule has 0 saturated carbocycles. The van der Waals surface area contributed by atoms with E-state index in [1.165, 1.54) is 11.1 Å². The van der Waals surface area contributed by atoms with Gasteiger partial charge in [-0.3, -0.25) is 0 Å². The predicted octanol–water partition coefficient (Wildman–Crippen LogP) is 1.90. The van der Waals surface area contributed by atoms with E-state index in [2.05, 4.69) is 10.3 Å². The van der Waals surface area contributed by atoms with Crippen LogP contribution in [0.25, 0.3) is 0 Å². The van der Waals surface area contributed by atoms with Gasteiger partial charge in [0, 0.05) is 19.3 Å². The van der Waals surface area contributed by atoms with Crippen LogP contribution >= 0.6 is 0 Å². The van der Waals surface area contributed by atoms with Gasteiger partial charge in [-0.15, -0.1) is 0 Å².